The van der Waals surface area contributed by atoms with E-state index in [9.17, 15) is 4.79 Å². The Hall–Kier alpha value is -0.970. The van der Waals surface area contributed by atoms with Crippen LogP contribution < -0.4 is 5.32 Å². The molecule has 0 saturated carbocycles. The molecule has 1 heterocycles. The number of rotatable bonds is 5. The van der Waals surface area contributed by atoms with Gasteiger partial charge in [-0.25, -0.2) is 9.97 Å². The van der Waals surface area contributed by atoms with Crippen molar-refractivity contribution in [3.05, 3.63) is 24.3 Å². The van der Waals surface area contributed by atoms with Crippen LogP contribution in [0.5, 0.6) is 0 Å². The molecule has 1 aromatic heterocycles. The molecule has 0 spiro atoms. The summed E-state index contributed by atoms with van der Waals surface area (Å²) in [6.45, 7) is 4.12. The topological polar surface area (TPSA) is 54.9 Å². The molecule has 0 unspecified atom stereocenters. The first-order valence-corrected chi connectivity index (χ1v) is 6.43. The zero-order valence-corrected chi connectivity index (χ0v) is 11.1. The highest BCUT2D eigenvalue weighted by molar-refractivity contribution is 9.09. The van der Waals surface area contributed by atoms with Crippen molar-refractivity contribution < 1.29 is 4.79 Å². The van der Waals surface area contributed by atoms with Crippen LogP contribution in [0.4, 0.5) is 0 Å². The molecular weight excluding hydrogens is 270 g/mol. The number of halogens is 1. The van der Waals surface area contributed by atoms with Gasteiger partial charge in [0.1, 0.15) is 6.33 Å². The fourth-order valence-electron chi connectivity index (χ4n) is 1.38. The summed E-state index contributed by atoms with van der Waals surface area (Å²) >= 11 is 3.45. The van der Waals surface area contributed by atoms with Gasteiger partial charge in [0.2, 0.25) is 0 Å². The van der Waals surface area contributed by atoms with E-state index < -0.39 is 0 Å². The van der Waals surface area contributed by atoms with E-state index in [1.807, 2.05) is 0 Å². The number of carbonyl (C=O) groups is 1. The van der Waals surface area contributed by atoms with Gasteiger partial charge in [-0.2, -0.15) is 0 Å². The zero-order valence-electron chi connectivity index (χ0n) is 9.53. The highest BCUT2D eigenvalue weighted by atomic mass is 79.9. The van der Waals surface area contributed by atoms with Gasteiger partial charge in [0, 0.05) is 23.3 Å². The Morgan fingerprint density at radius 2 is 1.94 bits per heavy atom. The van der Waals surface area contributed by atoms with Crippen molar-refractivity contribution in [1.82, 2.24) is 15.3 Å². The van der Waals surface area contributed by atoms with E-state index in [4.69, 9.17) is 0 Å². The lowest BCUT2D eigenvalue weighted by Crippen LogP contribution is -2.49. The van der Waals surface area contributed by atoms with Crippen LogP contribution in [0.3, 0.4) is 0 Å². The number of aromatic nitrogens is 2. The number of nitrogens with zero attached hydrogens (tertiary/aromatic N) is 2. The van der Waals surface area contributed by atoms with Gasteiger partial charge in [0.05, 0.1) is 5.56 Å². The molecule has 1 N–H and O–H groups in total. The summed E-state index contributed by atoms with van der Waals surface area (Å²) in [5, 5.41) is 3.77. The van der Waals surface area contributed by atoms with Crippen LogP contribution >= 0.6 is 15.9 Å². The lowest BCUT2D eigenvalue weighted by Gasteiger charge is -2.30. The average molecular weight is 286 g/mol. The van der Waals surface area contributed by atoms with Crippen LogP contribution in [0, 0.1) is 0 Å². The standard InChI is InChI=1S/C11H16BrN3O/c1-3-11(4-2,7-12)15-10(16)9-5-13-8-14-6-9/h5-6,8H,3-4,7H2,1-2H3,(H,15,16). The predicted octanol–water partition coefficient (Wildman–Crippen LogP) is 2.16. The van der Waals surface area contributed by atoms with Crippen LogP contribution in [0.25, 0.3) is 0 Å². The van der Waals surface area contributed by atoms with Gasteiger partial charge in [-0.15, -0.1) is 0 Å². The number of amides is 1. The van der Waals surface area contributed by atoms with E-state index in [0.717, 1.165) is 18.2 Å². The molecule has 88 valence electrons. The van der Waals surface area contributed by atoms with E-state index in [1.165, 1.54) is 18.7 Å². The van der Waals surface area contributed by atoms with Gasteiger partial charge >= 0.3 is 0 Å². The lowest BCUT2D eigenvalue weighted by molar-refractivity contribution is 0.0903. The van der Waals surface area contributed by atoms with Crippen LogP contribution in [0.15, 0.2) is 18.7 Å². The molecule has 1 amide bonds. The van der Waals surface area contributed by atoms with Crippen LogP contribution in [0.2, 0.25) is 0 Å². The Bertz CT molecular complexity index is 330. The van der Waals surface area contributed by atoms with Gasteiger partial charge in [-0.05, 0) is 12.8 Å². The summed E-state index contributed by atoms with van der Waals surface area (Å²) in [5.41, 5.74) is 0.308. The molecule has 0 aromatic carbocycles. The highest BCUT2D eigenvalue weighted by Gasteiger charge is 2.27. The Balaban J connectivity index is 2.77. The molecule has 0 saturated heterocycles. The van der Waals surface area contributed by atoms with E-state index in [1.54, 1.807) is 0 Å². The molecular formula is C11H16BrN3O. The minimum absolute atomic E-state index is 0.122. The van der Waals surface area contributed by atoms with Crippen molar-refractivity contribution in [2.24, 2.45) is 0 Å². The fraction of sp³-hybridized carbons (Fsp3) is 0.545. The Morgan fingerprint density at radius 1 is 1.38 bits per heavy atom. The van der Waals surface area contributed by atoms with Crippen molar-refractivity contribution >= 4 is 21.8 Å². The first kappa shape index (κ1) is 13.1. The minimum Gasteiger partial charge on any atom is -0.346 e. The summed E-state index contributed by atoms with van der Waals surface area (Å²) in [6.07, 6.45) is 6.22. The monoisotopic (exact) mass is 285 g/mol. The third kappa shape index (κ3) is 3.01. The van der Waals surface area contributed by atoms with Gasteiger partial charge in [0.15, 0.2) is 0 Å². The molecule has 0 aliphatic rings. The van der Waals surface area contributed by atoms with Crippen molar-refractivity contribution in [2.45, 2.75) is 32.2 Å². The van der Waals surface area contributed by atoms with Gasteiger partial charge in [-0.1, -0.05) is 29.8 Å². The van der Waals surface area contributed by atoms with Crippen LogP contribution in [-0.4, -0.2) is 26.7 Å². The Morgan fingerprint density at radius 3 is 2.38 bits per heavy atom. The Kier molecular flexibility index (Phi) is 4.86. The molecule has 5 heteroatoms. The normalized spacial score (nSPS) is 11.2. The maximum atomic E-state index is 11.9. The summed E-state index contributed by atoms with van der Waals surface area (Å²) in [4.78, 5) is 19.6. The summed E-state index contributed by atoms with van der Waals surface area (Å²) < 4.78 is 0. The molecule has 0 fully saturated rings. The van der Waals surface area contributed by atoms with Crippen molar-refractivity contribution in [1.29, 1.82) is 0 Å². The van der Waals surface area contributed by atoms with Crippen LogP contribution in [0.1, 0.15) is 37.0 Å². The van der Waals surface area contributed by atoms with E-state index in [-0.39, 0.29) is 11.4 Å². The van der Waals surface area contributed by atoms with E-state index >= 15 is 0 Å². The SMILES string of the molecule is CCC(CC)(CBr)NC(=O)c1cncnc1. The zero-order chi connectivity index (χ0) is 12.0. The smallest absolute Gasteiger partial charge is 0.254 e. The van der Waals surface area contributed by atoms with Crippen molar-refractivity contribution in [3.63, 3.8) is 0 Å². The lowest BCUT2D eigenvalue weighted by atomic mass is 9.95. The van der Waals surface area contributed by atoms with Gasteiger partial charge in [-0.3, -0.25) is 4.79 Å². The van der Waals surface area contributed by atoms with Crippen LogP contribution in [-0.2, 0) is 0 Å². The molecule has 1 aromatic rings. The number of alkyl halides is 1. The molecule has 0 bridgehead atoms. The third-order valence-corrected chi connectivity index (χ3v) is 3.88. The van der Waals surface area contributed by atoms with Gasteiger partial charge in [0.25, 0.3) is 5.91 Å². The summed E-state index contributed by atoms with van der Waals surface area (Å²) in [7, 11) is 0. The first-order valence-electron chi connectivity index (χ1n) is 5.31. The number of hydrogen-bond acceptors (Lipinski definition) is 3. The third-order valence-electron chi connectivity index (χ3n) is 2.81. The van der Waals surface area contributed by atoms with Crippen molar-refractivity contribution in [2.75, 3.05) is 5.33 Å². The minimum atomic E-state index is -0.188. The molecule has 0 atom stereocenters. The maximum Gasteiger partial charge on any atom is 0.254 e. The molecule has 0 radical (unpaired) electrons. The van der Waals surface area contributed by atoms with Crippen molar-refractivity contribution in [3.8, 4) is 0 Å². The highest BCUT2D eigenvalue weighted by Crippen LogP contribution is 2.18. The number of carbonyl (C=O) groups excluding carboxylic acids is 1. The second-order valence-corrected chi connectivity index (χ2v) is 4.26. The van der Waals surface area contributed by atoms with E-state index in [0.29, 0.717) is 5.56 Å². The van der Waals surface area contributed by atoms with E-state index in [2.05, 4.69) is 45.1 Å². The average Bonchev–Trinajstić information content (AvgIpc) is 2.37. The molecule has 0 aliphatic carbocycles. The fourth-order valence-corrected chi connectivity index (χ4v) is 2.31. The van der Waals surface area contributed by atoms with Gasteiger partial charge < -0.3 is 5.32 Å². The summed E-state index contributed by atoms with van der Waals surface area (Å²) in [5.74, 6) is -0.122. The molecule has 16 heavy (non-hydrogen) atoms. The summed E-state index contributed by atoms with van der Waals surface area (Å²) in [6, 6.07) is 0. The number of nitrogens with one attached hydrogen (secondary N) is 1. The maximum absolute atomic E-state index is 11.9. The second kappa shape index (κ2) is 5.94. The second-order valence-electron chi connectivity index (χ2n) is 3.70. The molecule has 4 nitrogen and oxygen atoms in total. The largest absolute Gasteiger partial charge is 0.346 e. The first-order chi connectivity index (χ1) is 7.67. The number of hydrogen-bond donors (Lipinski definition) is 1. The Labute approximate surface area is 104 Å². The predicted molar refractivity (Wildman–Crippen MR) is 66.6 cm³/mol. The molecule has 1 rings (SSSR count). The quantitative estimate of drug-likeness (QED) is 0.844. The molecule has 0 aliphatic heterocycles.